The van der Waals surface area contributed by atoms with E-state index in [2.05, 4.69) is 21.2 Å². The highest BCUT2D eigenvalue weighted by Gasteiger charge is 2.29. The molecule has 1 atom stereocenters. The molecule has 31 heavy (non-hydrogen) atoms. The Bertz CT molecular complexity index is 1010. The Morgan fingerprint density at radius 1 is 1.10 bits per heavy atom. The Labute approximate surface area is 196 Å². The van der Waals surface area contributed by atoms with Crippen LogP contribution in [0.5, 0.6) is 0 Å². The van der Waals surface area contributed by atoms with Crippen molar-refractivity contribution in [2.24, 2.45) is 0 Å². The van der Waals surface area contributed by atoms with E-state index >= 15 is 0 Å². The molecule has 0 heterocycles. The quantitative estimate of drug-likeness (QED) is 0.538. The van der Waals surface area contributed by atoms with Gasteiger partial charge in [0, 0.05) is 22.6 Å². The van der Waals surface area contributed by atoms with E-state index < -0.39 is 28.5 Å². The van der Waals surface area contributed by atoms with Crippen LogP contribution >= 0.6 is 27.5 Å². The zero-order valence-electron chi connectivity index (χ0n) is 17.5. The number of amides is 2. The number of likely N-dealkylation sites (N-methyl/N-ethyl adjacent to an activating group) is 1. The fourth-order valence-electron chi connectivity index (χ4n) is 2.91. The predicted molar refractivity (Wildman–Crippen MR) is 126 cm³/mol. The average Bonchev–Trinajstić information content (AvgIpc) is 2.71. The van der Waals surface area contributed by atoms with Crippen LogP contribution in [0.3, 0.4) is 0 Å². The monoisotopic (exact) mass is 529 g/mol. The van der Waals surface area contributed by atoms with Gasteiger partial charge in [-0.1, -0.05) is 39.7 Å². The summed E-state index contributed by atoms with van der Waals surface area (Å²) in [5.74, 6) is -0.813. The molecule has 7 nitrogen and oxygen atoms in total. The van der Waals surface area contributed by atoms with Gasteiger partial charge in [-0.05, 0) is 55.8 Å². The first-order chi connectivity index (χ1) is 14.5. The highest BCUT2D eigenvalue weighted by atomic mass is 79.9. The second-order valence-corrected chi connectivity index (χ2v) is 10.2. The lowest BCUT2D eigenvalue weighted by Crippen LogP contribution is -2.51. The van der Waals surface area contributed by atoms with Crippen molar-refractivity contribution in [1.82, 2.24) is 10.2 Å². The molecule has 0 fully saturated rings. The molecule has 0 bridgehead atoms. The second kappa shape index (κ2) is 11.0. The van der Waals surface area contributed by atoms with Crippen molar-refractivity contribution in [2.45, 2.75) is 26.4 Å². The third kappa shape index (κ3) is 7.22. The van der Waals surface area contributed by atoms with Crippen LogP contribution in [0.25, 0.3) is 0 Å². The van der Waals surface area contributed by atoms with E-state index in [4.69, 9.17) is 11.6 Å². The molecule has 10 heteroatoms. The lowest BCUT2D eigenvalue weighted by atomic mass is 10.1. The Morgan fingerprint density at radius 2 is 1.68 bits per heavy atom. The fourth-order valence-corrected chi connectivity index (χ4v) is 4.15. The average molecular weight is 531 g/mol. The minimum atomic E-state index is -3.76. The summed E-state index contributed by atoms with van der Waals surface area (Å²) in [5.41, 5.74) is 1.12. The van der Waals surface area contributed by atoms with Crippen molar-refractivity contribution in [1.29, 1.82) is 0 Å². The lowest BCUT2D eigenvalue weighted by Gasteiger charge is -2.31. The molecule has 0 aromatic heterocycles. The molecule has 0 saturated carbocycles. The Hall–Kier alpha value is -2.10. The van der Waals surface area contributed by atoms with Crippen LogP contribution in [0.4, 0.5) is 5.69 Å². The molecule has 0 aliphatic rings. The summed E-state index contributed by atoms with van der Waals surface area (Å²) in [4.78, 5) is 27.1. The minimum absolute atomic E-state index is 0.155. The van der Waals surface area contributed by atoms with Crippen LogP contribution in [0, 0.1) is 0 Å². The number of rotatable bonds is 9. The maximum absolute atomic E-state index is 13.3. The van der Waals surface area contributed by atoms with Crippen molar-refractivity contribution in [2.75, 3.05) is 23.7 Å². The topological polar surface area (TPSA) is 86.8 Å². The zero-order valence-corrected chi connectivity index (χ0v) is 20.7. The number of halogens is 2. The minimum Gasteiger partial charge on any atom is -0.355 e. The molecule has 0 aliphatic carbocycles. The largest absolute Gasteiger partial charge is 0.355 e. The number of sulfonamides is 1. The van der Waals surface area contributed by atoms with Crippen molar-refractivity contribution >= 4 is 55.1 Å². The molecule has 0 radical (unpaired) electrons. The number of carbonyl (C=O) groups is 2. The van der Waals surface area contributed by atoms with E-state index in [9.17, 15) is 18.0 Å². The number of nitrogens with one attached hydrogen (secondary N) is 1. The van der Waals surface area contributed by atoms with E-state index in [0.717, 1.165) is 20.6 Å². The molecule has 2 amide bonds. The van der Waals surface area contributed by atoms with E-state index in [1.807, 2.05) is 24.3 Å². The summed E-state index contributed by atoms with van der Waals surface area (Å²) in [6.45, 7) is 3.54. The number of anilines is 1. The van der Waals surface area contributed by atoms with Gasteiger partial charge >= 0.3 is 0 Å². The Kier molecular flexibility index (Phi) is 8.90. The van der Waals surface area contributed by atoms with Gasteiger partial charge in [-0.2, -0.15) is 0 Å². The van der Waals surface area contributed by atoms with Gasteiger partial charge < -0.3 is 10.2 Å². The summed E-state index contributed by atoms with van der Waals surface area (Å²) in [6.07, 6.45) is 1.03. The van der Waals surface area contributed by atoms with E-state index in [-0.39, 0.29) is 12.5 Å². The molecule has 2 aromatic rings. The molecule has 0 unspecified atom stereocenters. The summed E-state index contributed by atoms with van der Waals surface area (Å²) < 4.78 is 26.7. The highest BCUT2D eigenvalue weighted by Crippen LogP contribution is 2.21. The van der Waals surface area contributed by atoms with E-state index in [1.54, 1.807) is 26.0 Å². The maximum atomic E-state index is 13.3. The van der Waals surface area contributed by atoms with Crippen LogP contribution in [0.1, 0.15) is 19.4 Å². The van der Waals surface area contributed by atoms with Crippen LogP contribution in [-0.2, 0) is 26.2 Å². The van der Waals surface area contributed by atoms with Gasteiger partial charge in [-0.15, -0.1) is 0 Å². The first-order valence-corrected chi connectivity index (χ1v) is 12.6. The summed E-state index contributed by atoms with van der Waals surface area (Å²) in [7, 11) is -3.76. The molecular weight excluding hydrogens is 506 g/mol. The van der Waals surface area contributed by atoms with Gasteiger partial charge in [0.15, 0.2) is 0 Å². The third-order valence-electron chi connectivity index (χ3n) is 4.58. The van der Waals surface area contributed by atoms with E-state index in [0.29, 0.717) is 17.3 Å². The van der Waals surface area contributed by atoms with Gasteiger partial charge in [-0.3, -0.25) is 13.9 Å². The van der Waals surface area contributed by atoms with Crippen molar-refractivity contribution in [3.8, 4) is 0 Å². The Balaban J connectivity index is 2.35. The fraction of sp³-hybridized carbons (Fsp3) is 0.333. The van der Waals surface area contributed by atoms with Gasteiger partial charge in [0.1, 0.15) is 12.6 Å². The van der Waals surface area contributed by atoms with Gasteiger partial charge in [0.2, 0.25) is 21.8 Å². The number of nitrogens with zero attached hydrogens (tertiary/aromatic N) is 2. The summed E-state index contributed by atoms with van der Waals surface area (Å²) in [5, 5.41) is 3.16. The molecule has 0 spiro atoms. The van der Waals surface area contributed by atoms with Crippen molar-refractivity contribution in [3.05, 3.63) is 63.6 Å². The maximum Gasteiger partial charge on any atom is 0.244 e. The molecule has 0 aliphatic heterocycles. The summed E-state index contributed by atoms with van der Waals surface area (Å²) >= 11 is 9.27. The van der Waals surface area contributed by atoms with Crippen molar-refractivity contribution in [3.63, 3.8) is 0 Å². The standard InChI is InChI=1S/C21H25BrClN3O4S/c1-4-24-21(28)15(2)25(13-16-5-7-17(22)8-6-16)20(27)14-26(31(3,29)30)19-11-9-18(23)10-12-19/h5-12,15H,4,13-14H2,1-3H3,(H,24,28)/t15-/m1/s1. The van der Waals surface area contributed by atoms with Crippen LogP contribution in [-0.4, -0.2) is 50.5 Å². The molecule has 168 valence electrons. The van der Waals surface area contributed by atoms with Gasteiger partial charge in [0.05, 0.1) is 11.9 Å². The smallest absolute Gasteiger partial charge is 0.244 e. The predicted octanol–water partition coefficient (Wildman–Crippen LogP) is 3.42. The first-order valence-electron chi connectivity index (χ1n) is 9.57. The van der Waals surface area contributed by atoms with Gasteiger partial charge in [-0.25, -0.2) is 8.42 Å². The molecular formula is C21H25BrClN3O4S. The van der Waals surface area contributed by atoms with Crippen LogP contribution < -0.4 is 9.62 Å². The first kappa shape index (κ1) is 25.2. The zero-order chi connectivity index (χ0) is 23.2. The van der Waals surface area contributed by atoms with E-state index in [1.165, 1.54) is 17.0 Å². The third-order valence-corrected chi connectivity index (χ3v) is 6.50. The van der Waals surface area contributed by atoms with Gasteiger partial charge in [0.25, 0.3) is 0 Å². The highest BCUT2D eigenvalue weighted by molar-refractivity contribution is 9.10. The van der Waals surface area contributed by atoms with Crippen LogP contribution in [0.15, 0.2) is 53.0 Å². The van der Waals surface area contributed by atoms with Crippen molar-refractivity contribution < 1.29 is 18.0 Å². The number of carbonyl (C=O) groups excluding carboxylic acids is 2. The number of hydrogen-bond acceptors (Lipinski definition) is 4. The normalized spacial score (nSPS) is 12.2. The summed E-state index contributed by atoms with van der Waals surface area (Å²) in [6, 6.07) is 12.7. The number of benzene rings is 2. The lowest BCUT2D eigenvalue weighted by molar-refractivity contribution is -0.139. The molecule has 2 rings (SSSR count). The number of hydrogen-bond donors (Lipinski definition) is 1. The molecule has 2 aromatic carbocycles. The molecule has 1 N–H and O–H groups in total. The van der Waals surface area contributed by atoms with Crippen LogP contribution in [0.2, 0.25) is 5.02 Å². The Morgan fingerprint density at radius 3 is 2.19 bits per heavy atom. The SMILES string of the molecule is CCNC(=O)[C@@H](C)N(Cc1ccc(Br)cc1)C(=O)CN(c1ccc(Cl)cc1)S(C)(=O)=O. The molecule has 0 saturated heterocycles. The second-order valence-electron chi connectivity index (χ2n) is 6.96.